The number of nitrogens with one attached hydrogen (secondary N) is 1. The fraction of sp³-hybridized carbons (Fsp3) is 0.750. The summed E-state index contributed by atoms with van der Waals surface area (Å²) in [7, 11) is 0. The number of nitrogens with zero attached hydrogens (tertiary/aromatic N) is 1. The summed E-state index contributed by atoms with van der Waals surface area (Å²) in [4.78, 5) is 11.3. The van der Waals surface area contributed by atoms with E-state index in [2.05, 4.69) is 17.4 Å². The molecule has 1 rings (SSSR count). The Kier molecular flexibility index (Phi) is 4.06. The lowest BCUT2D eigenvalue weighted by Gasteiger charge is -2.15. The Hall–Kier alpha value is -0.910. The van der Waals surface area contributed by atoms with Gasteiger partial charge in [0.1, 0.15) is 5.84 Å². The number of oxime groups is 1. The van der Waals surface area contributed by atoms with Crippen LogP contribution in [0.1, 0.15) is 13.3 Å². The van der Waals surface area contributed by atoms with E-state index in [1.165, 1.54) is 0 Å². The van der Waals surface area contributed by atoms with Crippen LogP contribution < -0.4 is 11.1 Å². The first-order chi connectivity index (χ1) is 6.63. The van der Waals surface area contributed by atoms with Crippen LogP contribution in [0, 0.1) is 5.92 Å². The molecule has 6 heteroatoms. The fourth-order valence-electron chi connectivity index (χ4n) is 1.30. The van der Waals surface area contributed by atoms with E-state index in [1.54, 1.807) is 0 Å². The zero-order valence-corrected chi connectivity index (χ0v) is 8.88. The van der Waals surface area contributed by atoms with Gasteiger partial charge in [-0.05, 0) is 11.7 Å². The molecule has 0 spiro atoms. The molecule has 1 fully saturated rings. The van der Waals surface area contributed by atoms with Crippen molar-refractivity contribution in [3.8, 4) is 0 Å². The number of carbonyl (C=O) groups is 1. The Morgan fingerprint density at radius 1 is 1.71 bits per heavy atom. The largest absolute Gasteiger partial charge is 0.409 e. The Labute approximate surface area is 87.1 Å². The van der Waals surface area contributed by atoms with Gasteiger partial charge in [0.2, 0.25) is 5.91 Å². The molecule has 1 aliphatic rings. The molecule has 80 valence electrons. The van der Waals surface area contributed by atoms with E-state index >= 15 is 0 Å². The number of thioether (sulfide) groups is 1. The van der Waals surface area contributed by atoms with Crippen molar-refractivity contribution >= 4 is 23.5 Å². The van der Waals surface area contributed by atoms with Crippen LogP contribution in [0.25, 0.3) is 0 Å². The molecular formula is C8H15N3O2S. The number of hydrogen-bond donors (Lipinski definition) is 3. The average Bonchev–Trinajstić information content (AvgIpc) is 2.51. The zero-order valence-electron chi connectivity index (χ0n) is 8.06. The summed E-state index contributed by atoms with van der Waals surface area (Å²) in [6.07, 6.45) is -0.0373. The molecule has 4 N–H and O–H groups in total. The molecule has 0 aromatic heterocycles. The summed E-state index contributed by atoms with van der Waals surface area (Å²) in [5.74, 6) is 2.29. The highest BCUT2D eigenvalue weighted by Gasteiger charge is 2.25. The third kappa shape index (κ3) is 3.10. The molecule has 2 atom stereocenters. The van der Waals surface area contributed by atoms with Crippen molar-refractivity contribution < 1.29 is 10.0 Å². The smallest absolute Gasteiger partial charge is 0.227 e. The maximum atomic E-state index is 11.3. The van der Waals surface area contributed by atoms with E-state index in [1.807, 2.05) is 11.8 Å². The van der Waals surface area contributed by atoms with Crippen LogP contribution in [-0.2, 0) is 4.79 Å². The van der Waals surface area contributed by atoms with Gasteiger partial charge in [-0.3, -0.25) is 4.79 Å². The van der Waals surface area contributed by atoms with Gasteiger partial charge in [-0.15, -0.1) is 0 Å². The van der Waals surface area contributed by atoms with E-state index in [9.17, 15) is 4.79 Å². The van der Waals surface area contributed by atoms with Crippen molar-refractivity contribution in [3.63, 3.8) is 0 Å². The molecule has 0 aliphatic carbocycles. The van der Waals surface area contributed by atoms with Gasteiger partial charge in [0, 0.05) is 11.8 Å². The number of hydrogen-bond acceptors (Lipinski definition) is 4. The summed E-state index contributed by atoms with van der Waals surface area (Å²) < 4.78 is 0. The van der Waals surface area contributed by atoms with E-state index in [-0.39, 0.29) is 24.2 Å². The van der Waals surface area contributed by atoms with Gasteiger partial charge in [-0.2, -0.15) is 11.8 Å². The van der Waals surface area contributed by atoms with Gasteiger partial charge in [0.05, 0.1) is 6.42 Å². The number of amidine groups is 1. The Morgan fingerprint density at radius 3 is 2.93 bits per heavy atom. The second kappa shape index (κ2) is 5.09. The van der Waals surface area contributed by atoms with Crippen molar-refractivity contribution in [1.29, 1.82) is 0 Å². The molecule has 2 unspecified atom stereocenters. The normalized spacial score (nSPS) is 27.6. The molecule has 0 aromatic rings. The van der Waals surface area contributed by atoms with Gasteiger partial charge in [-0.1, -0.05) is 12.1 Å². The van der Waals surface area contributed by atoms with Crippen LogP contribution in [-0.4, -0.2) is 34.5 Å². The van der Waals surface area contributed by atoms with Crippen molar-refractivity contribution in [2.45, 2.75) is 19.4 Å². The first-order valence-corrected chi connectivity index (χ1v) is 5.62. The molecule has 5 nitrogen and oxygen atoms in total. The molecular weight excluding hydrogens is 202 g/mol. The summed E-state index contributed by atoms with van der Waals surface area (Å²) in [6, 6.07) is 0.221. The molecule has 1 saturated heterocycles. The SMILES string of the molecule is CC1CSCC1NC(=O)C/C(N)=N/O. The number of carbonyl (C=O) groups excluding carboxylic acids is 1. The van der Waals surface area contributed by atoms with Crippen LogP contribution in [0.15, 0.2) is 5.16 Å². The Bertz CT molecular complexity index is 245. The summed E-state index contributed by atoms with van der Waals surface area (Å²) in [5, 5.41) is 13.9. The number of rotatable bonds is 3. The lowest BCUT2D eigenvalue weighted by molar-refractivity contribution is -0.120. The zero-order chi connectivity index (χ0) is 10.6. The van der Waals surface area contributed by atoms with Gasteiger partial charge >= 0.3 is 0 Å². The minimum atomic E-state index is -0.181. The minimum Gasteiger partial charge on any atom is -0.409 e. The molecule has 0 bridgehead atoms. The monoisotopic (exact) mass is 217 g/mol. The fourth-order valence-corrected chi connectivity index (χ4v) is 2.71. The molecule has 1 heterocycles. The van der Waals surface area contributed by atoms with Crippen LogP contribution in [0.2, 0.25) is 0 Å². The molecule has 1 aliphatic heterocycles. The van der Waals surface area contributed by atoms with Crippen LogP contribution in [0.5, 0.6) is 0 Å². The molecule has 14 heavy (non-hydrogen) atoms. The first-order valence-electron chi connectivity index (χ1n) is 4.47. The van der Waals surface area contributed by atoms with Crippen molar-refractivity contribution in [2.24, 2.45) is 16.8 Å². The van der Waals surface area contributed by atoms with Gasteiger partial charge in [-0.25, -0.2) is 0 Å². The second-order valence-corrected chi connectivity index (χ2v) is 4.53. The summed E-state index contributed by atoms with van der Waals surface area (Å²) >= 11 is 1.83. The van der Waals surface area contributed by atoms with Crippen LogP contribution in [0.3, 0.4) is 0 Å². The quantitative estimate of drug-likeness (QED) is 0.268. The topological polar surface area (TPSA) is 87.7 Å². The van der Waals surface area contributed by atoms with Crippen LogP contribution in [0.4, 0.5) is 0 Å². The molecule has 0 aromatic carbocycles. The summed E-state index contributed by atoms with van der Waals surface area (Å²) in [6.45, 7) is 2.11. The van der Waals surface area contributed by atoms with Gasteiger partial charge in [0.15, 0.2) is 0 Å². The Morgan fingerprint density at radius 2 is 2.43 bits per heavy atom. The number of nitrogens with two attached hydrogens (primary N) is 1. The van der Waals surface area contributed by atoms with Crippen LogP contribution >= 0.6 is 11.8 Å². The maximum Gasteiger partial charge on any atom is 0.227 e. The van der Waals surface area contributed by atoms with Crippen molar-refractivity contribution in [2.75, 3.05) is 11.5 Å². The highest BCUT2D eigenvalue weighted by molar-refractivity contribution is 7.99. The Balaban J connectivity index is 2.33. The molecule has 0 radical (unpaired) electrons. The second-order valence-electron chi connectivity index (χ2n) is 3.46. The maximum absolute atomic E-state index is 11.3. The third-order valence-electron chi connectivity index (χ3n) is 2.18. The van der Waals surface area contributed by atoms with E-state index in [0.717, 1.165) is 11.5 Å². The van der Waals surface area contributed by atoms with E-state index < -0.39 is 0 Å². The number of amides is 1. The average molecular weight is 217 g/mol. The first kappa shape index (κ1) is 11.2. The summed E-state index contributed by atoms with van der Waals surface area (Å²) in [5.41, 5.74) is 5.22. The highest BCUT2D eigenvalue weighted by Crippen LogP contribution is 2.23. The highest BCUT2D eigenvalue weighted by atomic mass is 32.2. The molecule has 1 amide bonds. The van der Waals surface area contributed by atoms with E-state index in [0.29, 0.717) is 5.92 Å². The lowest BCUT2D eigenvalue weighted by atomic mass is 10.1. The standard InChI is InChI=1S/C8H15N3O2S/c1-5-3-14-4-6(5)10-8(12)2-7(9)11-13/h5-6,13H,2-4H2,1H3,(H2,9,11)(H,10,12). The minimum absolute atomic E-state index is 0.0373. The van der Waals surface area contributed by atoms with Crippen molar-refractivity contribution in [1.82, 2.24) is 5.32 Å². The van der Waals surface area contributed by atoms with Gasteiger partial charge in [0.25, 0.3) is 0 Å². The lowest BCUT2D eigenvalue weighted by Crippen LogP contribution is -2.40. The van der Waals surface area contributed by atoms with Gasteiger partial charge < -0.3 is 16.3 Å². The predicted molar refractivity (Wildman–Crippen MR) is 56.4 cm³/mol. The van der Waals surface area contributed by atoms with E-state index in [4.69, 9.17) is 10.9 Å². The molecule has 0 saturated carbocycles. The third-order valence-corrected chi connectivity index (χ3v) is 3.54. The predicted octanol–water partition coefficient (Wildman–Crippen LogP) is -0.00940. The van der Waals surface area contributed by atoms with Crippen molar-refractivity contribution in [3.05, 3.63) is 0 Å².